The van der Waals surface area contributed by atoms with E-state index in [2.05, 4.69) is 14.9 Å². The average molecular weight is 583 g/mol. The summed E-state index contributed by atoms with van der Waals surface area (Å²) in [7, 11) is 0. The molecular weight excluding hydrogens is 549 g/mol. The van der Waals surface area contributed by atoms with Crippen LogP contribution in [0, 0.1) is 11.2 Å². The van der Waals surface area contributed by atoms with E-state index in [4.69, 9.17) is 31.8 Å². The highest BCUT2D eigenvalue weighted by atomic mass is 35.5. The molecule has 2 aromatic rings. The Bertz CT molecular complexity index is 1350. The molecule has 4 saturated heterocycles. The Balaban J connectivity index is 1.46. The predicted molar refractivity (Wildman–Crippen MR) is 143 cm³/mol. The molecule has 1 amide bonds. The average Bonchev–Trinajstić information content (AvgIpc) is 3.51. The molecule has 0 aliphatic carbocycles. The second-order valence-corrected chi connectivity index (χ2v) is 13.0. The van der Waals surface area contributed by atoms with Crippen LogP contribution in [-0.2, 0) is 4.74 Å². The van der Waals surface area contributed by atoms with Crippen molar-refractivity contribution in [1.82, 2.24) is 19.9 Å². The molecule has 0 saturated carbocycles. The Morgan fingerprint density at radius 2 is 2.05 bits per heavy atom. The van der Waals surface area contributed by atoms with Gasteiger partial charge in [0.05, 0.1) is 16.5 Å². The maximum atomic E-state index is 16.6. The number of hydrogen-bond donors (Lipinski definition) is 1. The van der Waals surface area contributed by atoms with Gasteiger partial charge in [0.15, 0.2) is 17.1 Å². The number of halogens is 4. The van der Waals surface area contributed by atoms with Crippen molar-refractivity contribution in [3.63, 3.8) is 0 Å². The fraction of sp³-hybridized carbons (Fsp3) is 0.704. The molecule has 6 atom stereocenters. The van der Waals surface area contributed by atoms with Crippen molar-refractivity contribution in [2.24, 2.45) is 11.1 Å². The minimum absolute atomic E-state index is 0.0926. The maximum absolute atomic E-state index is 16.6. The second-order valence-electron chi connectivity index (χ2n) is 12.7. The molecule has 4 aliphatic rings. The lowest BCUT2D eigenvalue weighted by Crippen LogP contribution is -2.68. The summed E-state index contributed by atoms with van der Waals surface area (Å²) in [5.74, 6) is -0.560. The molecule has 4 aliphatic heterocycles. The number of ether oxygens (including phenoxy) is 2. The molecule has 0 aromatic carbocycles. The summed E-state index contributed by atoms with van der Waals surface area (Å²) in [5.41, 5.74) is 2.89. The number of fused-ring (bicyclic) bond motifs is 4. The van der Waals surface area contributed by atoms with Crippen LogP contribution >= 0.6 is 11.6 Å². The summed E-state index contributed by atoms with van der Waals surface area (Å²) >= 11 is 6.04. The van der Waals surface area contributed by atoms with Crippen LogP contribution in [0.1, 0.15) is 59.3 Å². The van der Waals surface area contributed by atoms with Gasteiger partial charge < -0.3 is 20.1 Å². The Morgan fingerprint density at radius 3 is 2.77 bits per heavy atom. The normalized spacial score (nSPS) is 33.9. The van der Waals surface area contributed by atoms with Crippen molar-refractivity contribution in [2.75, 3.05) is 24.6 Å². The van der Waals surface area contributed by atoms with E-state index in [9.17, 15) is 9.18 Å². The van der Waals surface area contributed by atoms with E-state index >= 15 is 8.78 Å². The number of hydrogen-bond acceptors (Lipinski definition) is 8. The fourth-order valence-corrected chi connectivity index (χ4v) is 7.95. The number of carbonyl (C=O) groups excluding carboxylic acids is 1. The second kappa shape index (κ2) is 9.47. The van der Waals surface area contributed by atoms with Gasteiger partial charge in [-0.1, -0.05) is 32.4 Å². The maximum Gasteiger partial charge on any atom is 0.404 e. The largest absolute Gasteiger partial charge is 0.461 e. The molecular formula is C27H34ClF3N6O3. The van der Waals surface area contributed by atoms with Crippen LogP contribution in [0.3, 0.4) is 0 Å². The SMILES string of the molecule is CC(C)(C)[C@]12CC[C@@H](C[C@@H](OC(N)=O)[C@H]1F)N2c1nc(OC[C@@]23CCCN2C[C@H](F)C3)nc2c(F)c(Cl)ncc12. The summed E-state index contributed by atoms with van der Waals surface area (Å²) in [6, 6.07) is -0.382. The molecule has 218 valence electrons. The molecule has 0 radical (unpaired) electrons. The van der Waals surface area contributed by atoms with Gasteiger partial charge in [-0.15, -0.1) is 0 Å². The van der Waals surface area contributed by atoms with Crippen molar-refractivity contribution in [3.05, 3.63) is 17.2 Å². The van der Waals surface area contributed by atoms with E-state index in [1.54, 1.807) is 0 Å². The van der Waals surface area contributed by atoms with Crippen LogP contribution in [-0.4, -0.2) is 81.2 Å². The van der Waals surface area contributed by atoms with Gasteiger partial charge in [-0.05, 0) is 37.6 Å². The summed E-state index contributed by atoms with van der Waals surface area (Å²) in [4.78, 5) is 28.7. The van der Waals surface area contributed by atoms with E-state index in [1.807, 2.05) is 25.7 Å². The zero-order valence-corrected chi connectivity index (χ0v) is 23.6. The third kappa shape index (κ3) is 4.07. The number of pyridine rings is 1. The van der Waals surface area contributed by atoms with Crippen LogP contribution < -0.4 is 15.4 Å². The van der Waals surface area contributed by atoms with Crippen molar-refractivity contribution < 1.29 is 27.4 Å². The lowest BCUT2D eigenvalue weighted by Gasteiger charge is -2.56. The van der Waals surface area contributed by atoms with Crippen molar-refractivity contribution in [2.45, 2.75) is 94.9 Å². The quantitative estimate of drug-likeness (QED) is 0.504. The molecule has 9 nitrogen and oxygen atoms in total. The van der Waals surface area contributed by atoms with Gasteiger partial charge in [-0.25, -0.2) is 22.9 Å². The number of alkyl halides is 2. The van der Waals surface area contributed by atoms with Crippen LogP contribution in [0.2, 0.25) is 5.15 Å². The predicted octanol–water partition coefficient (Wildman–Crippen LogP) is 4.73. The Hall–Kier alpha value is -2.60. The van der Waals surface area contributed by atoms with E-state index in [-0.39, 0.29) is 47.0 Å². The van der Waals surface area contributed by atoms with Gasteiger partial charge in [-0.2, -0.15) is 9.97 Å². The highest BCUT2D eigenvalue weighted by Gasteiger charge is 2.65. The minimum Gasteiger partial charge on any atom is -0.461 e. The smallest absolute Gasteiger partial charge is 0.404 e. The molecule has 6 rings (SSSR count). The van der Waals surface area contributed by atoms with Crippen molar-refractivity contribution >= 4 is 34.4 Å². The third-order valence-electron chi connectivity index (χ3n) is 9.57. The number of piperidine rings is 1. The van der Waals surface area contributed by atoms with E-state index in [1.165, 1.54) is 6.20 Å². The first-order valence-corrected chi connectivity index (χ1v) is 14.2. The standard InChI is InChI=1S/C27H34ClF3N6O3/c1-25(2,3)27-7-5-15(9-17(20(27)31)40-23(32)38)37(27)22-16-11-33-21(28)18(30)19(16)34-24(35-22)39-13-26-6-4-8-36(26)12-14(29)10-26/h11,14-15,17,20H,4-10,12-13H2,1-3H3,(H2,32,38)/t14-,15+,17-,20-,26+,27+/m1/s1. The number of anilines is 1. The van der Waals surface area contributed by atoms with Crippen LogP contribution in [0.25, 0.3) is 10.9 Å². The van der Waals surface area contributed by atoms with Crippen LogP contribution in [0.15, 0.2) is 6.20 Å². The van der Waals surface area contributed by atoms with Gasteiger partial charge in [0.2, 0.25) is 0 Å². The van der Waals surface area contributed by atoms with Crippen LogP contribution in [0.4, 0.5) is 23.8 Å². The number of aromatic nitrogens is 3. The van der Waals surface area contributed by atoms with Gasteiger partial charge in [-0.3, -0.25) is 4.90 Å². The Morgan fingerprint density at radius 1 is 1.27 bits per heavy atom. The highest BCUT2D eigenvalue weighted by molar-refractivity contribution is 6.30. The highest BCUT2D eigenvalue weighted by Crippen LogP contribution is 2.57. The first-order chi connectivity index (χ1) is 18.9. The minimum atomic E-state index is -1.61. The lowest BCUT2D eigenvalue weighted by atomic mass is 9.66. The number of rotatable bonds is 5. The van der Waals surface area contributed by atoms with Crippen molar-refractivity contribution in [3.8, 4) is 6.01 Å². The lowest BCUT2D eigenvalue weighted by molar-refractivity contribution is -0.0408. The molecule has 2 aromatic heterocycles. The van der Waals surface area contributed by atoms with Gasteiger partial charge in [0, 0.05) is 31.6 Å². The zero-order valence-electron chi connectivity index (χ0n) is 22.8. The molecule has 4 fully saturated rings. The molecule has 0 spiro atoms. The summed E-state index contributed by atoms with van der Waals surface area (Å²) in [5, 5.41) is -0.0910. The number of nitrogens with two attached hydrogens (primary N) is 1. The number of carbonyl (C=O) groups is 1. The summed E-state index contributed by atoms with van der Waals surface area (Å²) in [6.07, 6.45) is 0.0729. The molecule has 2 bridgehead atoms. The summed E-state index contributed by atoms with van der Waals surface area (Å²) in [6.45, 7) is 7.05. The Labute approximate surface area is 235 Å². The third-order valence-corrected chi connectivity index (χ3v) is 9.83. The van der Waals surface area contributed by atoms with Crippen molar-refractivity contribution in [1.29, 1.82) is 0 Å². The van der Waals surface area contributed by atoms with E-state index in [0.29, 0.717) is 25.8 Å². The molecule has 6 heterocycles. The number of nitrogens with zero attached hydrogens (tertiary/aromatic N) is 5. The number of primary amides is 1. The van der Waals surface area contributed by atoms with Gasteiger partial charge >= 0.3 is 12.1 Å². The van der Waals surface area contributed by atoms with Gasteiger partial charge in [0.25, 0.3) is 0 Å². The van der Waals surface area contributed by atoms with E-state index in [0.717, 1.165) is 19.4 Å². The summed E-state index contributed by atoms with van der Waals surface area (Å²) < 4.78 is 57.7. The number of amides is 1. The molecule has 13 heteroatoms. The monoisotopic (exact) mass is 582 g/mol. The van der Waals surface area contributed by atoms with Crippen LogP contribution in [0.5, 0.6) is 6.01 Å². The molecule has 40 heavy (non-hydrogen) atoms. The first kappa shape index (κ1) is 27.6. The molecule has 0 unspecified atom stereocenters. The topological polar surface area (TPSA) is 107 Å². The fourth-order valence-electron chi connectivity index (χ4n) is 7.82. The zero-order chi connectivity index (χ0) is 28.6. The Kier molecular flexibility index (Phi) is 6.53. The van der Waals surface area contributed by atoms with E-state index < -0.39 is 46.9 Å². The van der Waals surface area contributed by atoms with Gasteiger partial charge in [0.1, 0.15) is 30.2 Å². The first-order valence-electron chi connectivity index (χ1n) is 13.8. The molecule has 2 N–H and O–H groups in total.